The molecule has 0 aliphatic heterocycles. The molecule has 0 saturated carbocycles. The van der Waals surface area contributed by atoms with Gasteiger partial charge in [0.15, 0.2) is 0 Å². The molecule has 1 aliphatic rings. The Bertz CT molecular complexity index is 595. The van der Waals surface area contributed by atoms with Gasteiger partial charge < -0.3 is 11.1 Å². The zero-order valence-electron chi connectivity index (χ0n) is 11.6. The quantitative estimate of drug-likeness (QED) is 0.894. The summed E-state index contributed by atoms with van der Waals surface area (Å²) in [7, 11) is 0. The Balaban J connectivity index is 1.75. The summed E-state index contributed by atoms with van der Waals surface area (Å²) in [5, 5.41) is 3.45. The molecule has 0 unspecified atom stereocenters. The van der Waals surface area contributed by atoms with Crippen molar-refractivity contribution in [2.45, 2.75) is 38.8 Å². The van der Waals surface area contributed by atoms with Gasteiger partial charge in [0.2, 0.25) is 0 Å². The molecule has 0 bridgehead atoms. The summed E-state index contributed by atoms with van der Waals surface area (Å²) < 4.78 is 0. The number of benzene rings is 1. The van der Waals surface area contributed by atoms with Crippen molar-refractivity contribution in [2.24, 2.45) is 5.73 Å². The zero-order valence-corrected chi connectivity index (χ0v) is 11.6. The average molecular weight is 268 g/mol. The molecule has 1 aliphatic carbocycles. The number of hydrogen-bond donors (Lipinski definition) is 2. The predicted molar refractivity (Wildman–Crippen MR) is 80.3 cm³/mol. The van der Waals surface area contributed by atoms with E-state index in [2.05, 4.69) is 39.6 Å². The maximum atomic E-state index is 5.68. The lowest BCUT2D eigenvalue weighted by atomic mass is 9.96. The standard InChI is InChI=1S/C16H20N4/c17-9-12-4-3-5-13(8-12)10-18-16-14-6-1-2-7-15(14)19-11-20-16/h3-5,8,11H,1-2,6-7,9-10,17H2,(H,18,19,20). The maximum Gasteiger partial charge on any atom is 0.133 e. The van der Waals surface area contributed by atoms with Gasteiger partial charge in [0.1, 0.15) is 12.1 Å². The Kier molecular flexibility index (Phi) is 3.92. The minimum Gasteiger partial charge on any atom is -0.366 e. The maximum absolute atomic E-state index is 5.68. The first kappa shape index (κ1) is 13.1. The first-order valence-corrected chi connectivity index (χ1v) is 7.21. The minimum absolute atomic E-state index is 0.580. The van der Waals surface area contributed by atoms with Crippen LogP contribution in [-0.4, -0.2) is 9.97 Å². The zero-order chi connectivity index (χ0) is 13.8. The topological polar surface area (TPSA) is 63.8 Å². The molecule has 0 saturated heterocycles. The van der Waals surface area contributed by atoms with Crippen molar-refractivity contribution >= 4 is 5.82 Å². The molecule has 0 spiro atoms. The van der Waals surface area contributed by atoms with Crippen molar-refractivity contribution in [1.29, 1.82) is 0 Å². The van der Waals surface area contributed by atoms with Crippen molar-refractivity contribution < 1.29 is 0 Å². The highest BCUT2D eigenvalue weighted by atomic mass is 15.0. The Hall–Kier alpha value is -1.94. The molecule has 1 aromatic heterocycles. The molecule has 3 N–H and O–H groups in total. The highest BCUT2D eigenvalue weighted by molar-refractivity contribution is 5.47. The fourth-order valence-electron chi connectivity index (χ4n) is 2.73. The van der Waals surface area contributed by atoms with E-state index in [0.717, 1.165) is 30.8 Å². The van der Waals surface area contributed by atoms with Crippen LogP contribution >= 0.6 is 0 Å². The molecule has 1 aromatic carbocycles. The smallest absolute Gasteiger partial charge is 0.133 e. The lowest BCUT2D eigenvalue weighted by molar-refractivity contribution is 0.663. The SMILES string of the molecule is NCc1cccc(CNc2ncnc3c2CCCC3)c1. The van der Waals surface area contributed by atoms with E-state index in [0.29, 0.717) is 6.54 Å². The van der Waals surface area contributed by atoms with Crippen molar-refractivity contribution in [3.8, 4) is 0 Å². The van der Waals surface area contributed by atoms with Gasteiger partial charge in [0, 0.05) is 24.3 Å². The van der Waals surface area contributed by atoms with Crippen LogP contribution in [-0.2, 0) is 25.9 Å². The van der Waals surface area contributed by atoms with Crippen molar-refractivity contribution in [1.82, 2.24) is 9.97 Å². The second-order valence-corrected chi connectivity index (χ2v) is 5.23. The molecule has 0 fully saturated rings. The summed E-state index contributed by atoms with van der Waals surface area (Å²) in [4.78, 5) is 8.80. The molecular weight excluding hydrogens is 248 g/mol. The van der Waals surface area contributed by atoms with Crippen molar-refractivity contribution in [2.75, 3.05) is 5.32 Å². The molecule has 20 heavy (non-hydrogen) atoms. The number of fused-ring (bicyclic) bond motifs is 1. The molecule has 0 amide bonds. The van der Waals surface area contributed by atoms with Crippen LogP contribution < -0.4 is 11.1 Å². The Labute approximate surface area is 119 Å². The summed E-state index contributed by atoms with van der Waals surface area (Å²) in [5.74, 6) is 0.993. The number of nitrogens with one attached hydrogen (secondary N) is 1. The van der Waals surface area contributed by atoms with Gasteiger partial charge in [-0.05, 0) is 36.8 Å². The van der Waals surface area contributed by atoms with Gasteiger partial charge >= 0.3 is 0 Å². The summed E-state index contributed by atoms with van der Waals surface area (Å²) in [6.07, 6.45) is 6.30. The van der Waals surface area contributed by atoms with E-state index in [9.17, 15) is 0 Å². The number of nitrogens with two attached hydrogens (primary N) is 1. The minimum atomic E-state index is 0.580. The monoisotopic (exact) mass is 268 g/mol. The Morgan fingerprint density at radius 3 is 2.85 bits per heavy atom. The largest absolute Gasteiger partial charge is 0.366 e. The van der Waals surface area contributed by atoms with E-state index in [1.807, 2.05) is 0 Å². The predicted octanol–water partition coefficient (Wildman–Crippen LogP) is 2.43. The van der Waals surface area contributed by atoms with Crippen LogP contribution in [0.4, 0.5) is 5.82 Å². The average Bonchev–Trinajstić information content (AvgIpc) is 2.53. The third-order valence-electron chi connectivity index (χ3n) is 3.81. The second kappa shape index (κ2) is 6.01. The fraction of sp³-hybridized carbons (Fsp3) is 0.375. The molecule has 1 heterocycles. The van der Waals surface area contributed by atoms with E-state index < -0.39 is 0 Å². The molecule has 104 valence electrons. The summed E-state index contributed by atoms with van der Waals surface area (Å²) >= 11 is 0. The molecule has 4 heteroatoms. The lowest BCUT2D eigenvalue weighted by Crippen LogP contribution is -2.12. The number of aromatic nitrogens is 2. The number of rotatable bonds is 4. The first-order valence-electron chi connectivity index (χ1n) is 7.21. The third kappa shape index (κ3) is 2.80. The van der Waals surface area contributed by atoms with E-state index in [4.69, 9.17) is 5.73 Å². The van der Waals surface area contributed by atoms with Crippen LogP contribution in [0.3, 0.4) is 0 Å². The number of anilines is 1. The van der Waals surface area contributed by atoms with Gasteiger partial charge in [-0.25, -0.2) is 9.97 Å². The molecule has 0 radical (unpaired) electrons. The molecule has 4 nitrogen and oxygen atoms in total. The highest BCUT2D eigenvalue weighted by Crippen LogP contribution is 2.24. The molecular formula is C16H20N4. The normalized spacial score (nSPS) is 13.8. The second-order valence-electron chi connectivity index (χ2n) is 5.23. The molecule has 2 aromatic rings. The van der Waals surface area contributed by atoms with Crippen molar-refractivity contribution in [3.63, 3.8) is 0 Å². The van der Waals surface area contributed by atoms with Crippen LogP contribution in [0.25, 0.3) is 0 Å². The van der Waals surface area contributed by atoms with Crippen LogP contribution in [0.15, 0.2) is 30.6 Å². The van der Waals surface area contributed by atoms with Crippen LogP contribution in [0.1, 0.15) is 35.2 Å². The van der Waals surface area contributed by atoms with Gasteiger partial charge in [0.25, 0.3) is 0 Å². The molecule has 0 atom stereocenters. The van der Waals surface area contributed by atoms with E-state index in [1.54, 1.807) is 6.33 Å². The van der Waals surface area contributed by atoms with Gasteiger partial charge in [-0.1, -0.05) is 24.3 Å². The Morgan fingerprint density at radius 1 is 1.10 bits per heavy atom. The van der Waals surface area contributed by atoms with Gasteiger partial charge in [-0.15, -0.1) is 0 Å². The number of aryl methyl sites for hydroxylation is 1. The third-order valence-corrected chi connectivity index (χ3v) is 3.81. The van der Waals surface area contributed by atoms with Gasteiger partial charge in [0.05, 0.1) is 0 Å². The summed E-state index contributed by atoms with van der Waals surface area (Å²) in [6.45, 7) is 1.36. The number of nitrogens with zero attached hydrogens (tertiary/aromatic N) is 2. The van der Waals surface area contributed by atoms with E-state index in [-0.39, 0.29) is 0 Å². The van der Waals surface area contributed by atoms with Crippen LogP contribution in [0, 0.1) is 0 Å². The Morgan fingerprint density at radius 2 is 1.95 bits per heavy atom. The van der Waals surface area contributed by atoms with Crippen molar-refractivity contribution in [3.05, 3.63) is 53.0 Å². The summed E-state index contributed by atoms with van der Waals surface area (Å²) in [6, 6.07) is 8.35. The lowest BCUT2D eigenvalue weighted by Gasteiger charge is -2.18. The fourth-order valence-corrected chi connectivity index (χ4v) is 2.73. The van der Waals surface area contributed by atoms with Crippen LogP contribution in [0.5, 0.6) is 0 Å². The first-order chi connectivity index (χ1) is 9.86. The highest BCUT2D eigenvalue weighted by Gasteiger charge is 2.14. The van der Waals surface area contributed by atoms with Gasteiger partial charge in [-0.2, -0.15) is 0 Å². The van der Waals surface area contributed by atoms with E-state index in [1.165, 1.54) is 29.7 Å². The van der Waals surface area contributed by atoms with E-state index >= 15 is 0 Å². The van der Waals surface area contributed by atoms with Gasteiger partial charge in [-0.3, -0.25) is 0 Å². The molecule has 3 rings (SSSR count). The summed E-state index contributed by atoms with van der Waals surface area (Å²) in [5.41, 5.74) is 10.6. The number of hydrogen-bond acceptors (Lipinski definition) is 4. The van der Waals surface area contributed by atoms with Crippen LogP contribution in [0.2, 0.25) is 0 Å².